The van der Waals surface area contributed by atoms with Gasteiger partial charge in [0.15, 0.2) is 5.96 Å². The number of carbonyl (C=O) groups excluding carboxylic acids is 1. The van der Waals surface area contributed by atoms with Crippen molar-refractivity contribution in [2.45, 2.75) is 26.0 Å². The van der Waals surface area contributed by atoms with Crippen molar-refractivity contribution in [1.82, 2.24) is 10.6 Å². The first-order chi connectivity index (χ1) is 11.9. The number of nitrogens with one attached hydrogen (secondary N) is 2. The van der Waals surface area contributed by atoms with Gasteiger partial charge in [-0.05, 0) is 43.7 Å². The zero-order chi connectivity index (χ0) is 18.3. The highest BCUT2D eigenvalue weighted by molar-refractivity contribution is 5.92. The van der Waals surface area contributed by atoms with Gasteiger partial charge in [-0.1, -0.05) is 12.1 Å². The quantitative estimate of drug-likeness (QED) is 0.447. The number of primary amides is 1. The van der Waals surface area contributed by atoms with Crippen molar-refractivity contribution >= 4 is 11.9 Å². The van der Waals surface area contributed by atoms with E-state index in [-0.39, 0.29) is 6.54 Å². The summed E-state index contributed by atoms with van der Waals surface area (Å²) in [5.41, 5.74) is 5.45. The molecule has 0 aliphatic heterocycles. The second kappa shape index (κ2) is 8.34. The molecule has 1 atom stereocenters. The zero-order valence-electron chi connectivity index (χ0n) is 14.5. The number of furan rings is 1. The van der Waals surface area contributed by atoms with Crippen LogP contribution in [0.25, 0.3) is 0 Å². The Hall–Kier alpha value is -2.80. The topological polar surface area (TPSA) is 113 Å². The highest BCUT2D eigenvalue weighted by atomic mass is 16.4. The number of nitrogens with two attached hydrogens (primary N) is 1. The molecule has 0 aliphatic carbocycles. The standard InChI is InChI=1S/C18H24N4O3/c1-3-20-17(22-12-18(2,24)15-8-5-9-25-15)21-11-13-6-4-7-14(10-13)16(19)23/h4-10,24H,3,11-12H2,1-2H3,(H2,19,23)(H2,20,21,22). The summed E-state index contributed by atoms with van der Waals surface area (Å²) in [7, 11) is 0. The van der Waals surface area contributed by atoms with E-state index in [4.69, 9.17) is 10.2 Å². The number of nitrogens with zero attached hydrogens (tertiary/aromatic N) is 1. The fourth-order valence-corrected chi connectivity index (χ4v) is 2.26. The molecular weight excluding hydrogens is 320 g/mol. The molecule has 0 saturated carbocycles. The van der Waals surface area contributed by atoms with E-state index in [0.717, 1.165) is 5.56 Å². The van der Waals surface area contributed by atoms with Gasteiger partial charge in [0.05, 0.1) is 19.4 Å². The van der Waals surface area contributed by atoms with Crippen LogP contribution in [0, 0.1) is 0 Å². The van der Waals surface area contributed by atoms with Crippen LogP contribution in [0.5, 0.6) is 0 Å². The average Bonchev–Trinajstić information content (AvgIpc) is 3.13. The predicted octanol–water partition coefficient (Wildman–Crippen LogP) is 1.34. The van der Waals surface area contributed by atoms with Crippen molar-refractivity contribution < 1.29 is 14.3 Å². The molecule has 1 aromatic heterocycles. The Morgan fingerprint density at radius 2 is 2.12 bits per heavy atom. The van der Waals surface area contributed by atoms with Crippen LogP contribution < -0.4 is 16.4 Å². The fraction of sp³-hybridized carbons (Fsp3) is 0.333. The molecule has 25 heavy (non-hydrogen) atoms. The van der Waals surface area contributed by atoms with E-state index in [9.17, 15) is 9.90 Å². The van der Waals surface area contributed by atoms with E-state index in [0.29, 0.717) is 30.4 Å². The second-order valence-corrected chi connectivity index (χ2v) is 5.86. The van der Waals surface area contributed by atoms with Gasteiger partial charge < -0.3 is 25.9 Å². The Bertz CT molecular complexity index is 724. The normalized spacial score (nSPS) is 14.0. The third-order valence-electron chi connectivity index (χ3n) is 3.63. The first-order valence-electron chi connectivity index (χ1n) is 8.09. The van der Waals surface area contributed by atoms with Crippen LogP contribution in [0.2, 0.25) is 0 Å². The minimum atomic E-state index is -1.16. The van der Waals surface area contributed by atoms with Crippen LogP contribution in [-0.4, -0.2) is 30.1 Å². The Morgan fingerprint density at radius 3 is 2.76 bits per heavy atom. The largest absolute Gasteiger partial charge is 0.466 e. The number of guanidine groups is 1. The molecule has 1 aromatic carbocycles. The summed E-state index contributed by atoms with van der Waals surface area (Å²) in [6, 6.07) is 10.5. The van der Waals surface area contributed by atoms with Crippen molar-refractivity contribution in [2.24, 2.45) is 10.7 Å². The Labute approximate surface area is 146 Å². The molecule has 0 saturated heterocycles. The number of hydrogen-bond donors (Lipinski definition) is 4. The number of benzene rings is 1. The number of hydrogen-bond acceptors (Lipinski definition) is 4. The van der Waals surface area contributed by atoms with Crippen LogP contribution in [-0.2, 0) is 12.1 Å². The Morgan fingerprint density at radius 1 is 1.32 bits per heavy atom. The maximum Gasteiger partial charge on any atom is 0.248 e. The van der Waals surface area contributed by atoms with Gasteiger partial charge in [0.2, 0.25) is 5.91 Å². The molecule has 0 aliphatic rings. The van der Waals surface area contributed by atoms with Crippen molar-refractivity contribution in [3.05, 3.63) is 59.5 Å². The molecule has 7 nitrogen and oxygen atoms in total. The zero-order valence-corrected chi connectivity index (χ0v) is 14.5. The lowest BCUT2D eigenvalue weighted by molar-refractivity contribution is 0.0386. The van der Waals surface area contributed by atoms with Crippen LogP contribution >= 0.6 is 0 Å². The summed E-state index contributed by atoms with van der Waals surface area (Å²) in [6.45, 7) is 4.90. The molecule has 7 heteroatoms. The molecule has 0 fully saturated rings. The molecule has 1 heterocycles. The van der Waals surface area contributed by atoms with E-state index in [1.165, 1.54) is 6.26 Å². The Balaban J connectivity index is 2.03. The monoisotopic (exact) mass is 344 g/mol. The van der Waals surface area contributed by atoms with Gasteiger partial charge in [-0.2, -0.15) is 0 Å². The minimum Gasteiger partial charge on any atom is -0.466 e. The third kappa shape index (κ3) is 5.36. The van der Waals surface area contributed by atoms with Crippen molar-refractivity contribution in [1.29, 1.82) is 0 Å². The van der Waals surface area contributed by atoms with Crippen LogP contribution in [0.4, 0.5) is 0 Å². The van der Waals surface area contributed by atoms with Gasteiger partial charge in [0, 0.05) is 12.1 Å². The van der Waals surface area contributed by atoms with Gasteiger partial charge in [-0.15, -0.1) is 0 Å². The molecule has 2 rings (SSSR count). The highest BCUT2D eigenvalue weighted by Gasteiger charge is 2.26. The Kier molecular flexibility index (Phi) is 6.19. The van der Waals surface area contributed by atoms with Crippen molar-refractivity contribution in [3.8, 4) is 0 Å². The lowest BCUT2D eigenvalue weighted by Crippen LogP contribution is -2.44. The second-order valence-electron chi connectivity index (χ2n) is 5.86. The predicted molar refractivity (Wildman–Crippen MR) is 96.1 cm³/mol. The van der Waals surface area contributed by atoms with Gasteiger partial charge in [-0.3, -0.25) is 4.79 Å². The van der Waals surface area contributed by atoms with E-state index in [1.54, 1.807) is 37.3 Å². The molecule has 1 unspecified atom stereocenters. The van der Waals surface area contributed by atoms with Crippen LogP contribution in [0.15, 0.2) is 52.1 Å². The summed E-state index contributed by atoms with van der Waals surface area (Å²) in [5.74, 6) is 0.564. The summed E-state index contributed by atoms with van der Waals surface area (Å²) in [4.78, 5) is 15.7. The highest BCUT2D eigenvalue weighted by Crippen LogP contribution is 2.19. The lowest BCUT2D eigenvalue weighted by Gasteiger charge is -2.22. The molecule has 134 valence electrons. The third-order valence-corrected chi connectivity index (χ3v) is 3.63. The molecule has 0 spiro atoms. The van der Waals surface area contributed by atoms with Gasteiger partial charge in [0.25, 0.3) is 0 Å². The number of carbonyl (C=O) groups is 1. The minimum absolute atomic E-state index is 0.230. The van der Waals surface area contributed by atoms with E-state index in [1.807, 2.05) is 13.0 Å². The van der Waals surface area contributed by atoms with Crippen LogP contribution in [0.3, 0.4) is 0 Å². The molecule has 2 aromatic rings. The summed E-state index contributed by atoms with van der Waals surface area (Å²) in [6.07, 6.45) is 1.52. The first-order valence-corrected chi connectivity index (χ1v) is 8.09. The average molecular weight is 344 g/mol. The van der Waals surface area contributed by atoms with Gasteiger partial charge in [0.1, 0.15) is 11.4 Å². The summed E-state index contributed by atoms with van der Waals surface area (Å²) in [5, 5.41) is 16.7. The molecule has 5 N–H and O–H groups in total. The SMILES string of the molecule is CCNC(=NCc1cccc(C(N)=O)c1)NCC(C)(O)c1ccco1. The molecule has 1 amide bonds. The van der Waals surface area contributed by atoms with Crippen molar-refractivity contribution in [3.63, 3.8) is 0 Å². The first kappa shape index (κ1) is 18.5. The van der Waals surface area contributed by atoms with E-state index < -0.39 is 11.5 Å². The fourth-order valence-electron chi connectivity index (χ4n) is 2.26. The van der Waals surface area contributed by atoms with Crippen LogP contribution in [0.1, 0.15) is 35.5 Å². The number of amides is 1. The van der Waals surface area contributed by atoms with Gasteiger partial charge >= 0.3 is 0 Å². The smallest absolute Gasteiger partial charge is 0.248 e. The van der Waals surface area contributed by atoms with Crippen molar-refractivity contribution in [2.75, 3.05) is 13.1 Å². The number of aliphatic hydroxyl groups is 1. The maximum atomic E-state index is 11.2. The van der Waals surface area contributed by atoms with E-state index >= 15 is 0 Å². The molecular formula is C18H24N4O3. The summed E-state index contributed by atoms with van der Waals surface area (Å²) >= 11 is 0. The number of aliphatic imine (C=N–C) groups is 1. The number of rotatable bonds is 7. The van der Waals surface area contributed by atoms with E-state index in [2.05, 4.69) is 15.6 Å². The molecule has 0 radical (unpaired) electrons. The van der Waals surface area contributed by atoms with Gasteiger partial charge in [-0.25, -0.2) is 4.99 Å². The maximum absolute atomic E-state index is 11.2. The summed E-state index contributed by atoms with van der Waals surface area (Å²) < 4.78 is 5.26. The molecule has 0 bridgehead atoms. The lowest BCUT2D eigenvalue weighted by atomic mass is 10.0.